The first-order chi connectivity index (χ1) is 12.8. The van der Waals surface area contributed by atoms with Crippen LogP contribution in [0.25, 0.3) is 11.0 Å². The second-order valence-electron chi connectivity index (χ2n) is 5.73. The number of aromatic nitrogens is 2. The van der Waals surface area contributed by atoms with Crippen molar-refractivity contribution in [1.82, 2.24) is 9.13 Å². The maximum atomic E-state index is 11.9. The van der Waals surface area contributed by atoms with E-state index in [2.05, 4.69) is 10.5 Å². The first kappa shape index (κ1) is 17.8. The third kappa shape index (κ3) is 3.25. The van der Waals surface area contributed by atoms with Gasteiger partial charge in [0.25, 0.3) is 5.69 Å². The van der Waals surface area contributed by atoms with Crippen molar-refractivity contribution in [2.75, 3.05) is 5.43 Å². The quantitative estimate of drug-likeness (QED) is 0.415. The van der Waals surface area contributed by atoms with Crippen LogP contribution in [-0.2, 0) is 14.1 Å². The Morgan fingerprint density at radius 1 is 1.00 bits per heavy atom. The van der Waals surface area contributed by atoms with Crippen molar-refractivity contribution in [2.45, 2.75) is 0 Å². The van der Waals surface area contributed by atoms with Crippen molar-refractivity contribution in [1.29, 1.82) is 0 Å². The van der Waals surface area contributed by atoms with Gasteiger partial charge in [0.2, 0.25) is 0 Å². The molecule has 3 aromatic rings. The van der Waals surface area contributed by atoms with Crippen LogP contribution in [-0.4, -0.2) is 25.2 Å². The molecular weight excluding hydrogens is 356 g/mol. The normalized spacial score (nSPS) is 11.2. The monoisotopic (exact) mass is 370 g/mol. The van der Waals surface area contributed by atoms with E-state index in [9.17, 15) is 25.0 Å². The van der Waals surface area contributed by atoms with E-state index in [0.717, 1.165) is 17.6 Å². The van der Waals surface area contributed by atoms with Gasteiger partial charge in [0.15, 0.2) is 0 Å². The zero-order valence-electron chi connectivity index (χ0n) is 14.3. The van der Waals surface area contributed by atoms with Gasteiger partial charge >= 0.3 is 11.4 Å². The van der Waals surface area contributed by atoms with Crippen molar-refractivity contribution in [2.24, 2.45) is 19.2 Å². The van der Waals surface area contributed by atoms with E-state index in [1.54, 1.807) is 32.3 Å². The van der Waals surface area contributed by atoms with E-state index in [1.807, 2.05) is 0 Å². The molecule has 0 saturated carbocycles. The Balaban J connectivity index is 1.88. The number of non-ortho nitro benzene ring substituents is 1. The molecule has 0 amide bonds. The molecule has 2 aromatic carbocycles. The number of nitro benzene ring substituents is 2. The summed E-state index contributed by atoms with van der Waals surface area (Å²) >= 11 is 0. The van der Waals surface area contributed by atoms with Crippen LogP contribution in [0.5, 0.6) is 0 Å². The molecule has 0 fully saturated rings. The molecule has 0 radical (unpaired) electrons. The molecule has 11 nitrogen and oxygen atoms in total. The first-order valence-corrected chi connectivity index (χ1v) is 7.67. The Bertz CT molecular complexity index is 1160. The number of benzene rings is 2. The van der Waals surface area contributed by atoms with Crippen LogP contribution in [0.1, 0.15) is 5.56 Å². The maximum absolute atomic E-state index is 11.9. The van der Waals surface area contributed by atoms with Crippen molar-refractivity contribution in [3.05, 3.63) is 72.7 Å². The van der Waals surface area contributed by atoms with Crippen molar-refractivity contribution in [3.8, 4) is 0 Å². The highest BCUT2D eigenvalue weighted by Gasteiger charge is 2.19. The predicted octanol–water partition coefficient (Wildman–Crippen LogP) is 2.14. The van der Waals surface area contributed by atoms with Gasteiger partial charge in [-0.15, -0.1) is 0 Å². The number of aryl methyl sites for hydroxylation is 2. The first-order valence-electron chi connectivity index (χ1n) is 7.67. The summed E-state index contributed by atoms with van der Waals surface area (Å²) in [7, 11) is 3.33. The van der Waals surface area contributed by atoms with E-state index < -0.39 is 15.5 Å². The SMILES string of the molecule is Cn1c(=O)n(C)c2cc(/C=N\Nc3ccc([N+](=O)[O-])cc3[N+](=O)[O-])ccc21. The zero-order valence-corrected chi connectivity index (χ0v) is 14.3. The van der Waals surface area contributed by atoms with Gasteiger partial charge < -0.3 is 0 Å². The van der Waals surface area contributed by atoms with E-state index in [1.165, 1.54) is 21.4 Å². The second-order valence-corrected chi connectivity index (χ2v) is 5.73. The van der Waals surface area contributed by atoms with Gasteiger partial charge in [-0.3, -0.25) is 34.8 Å². The van der Waals surface area contributed by atoms with Crippen LogP contribution in [0.3, 0.4) is 0 Å². The second kappa shape index (κ2) is 6.71. The van der Waals surface area contributed by atoms with Gasteiger partial charge in [-0.25, -0.2) is 4.79 Å². The molecule has 138 valence electrons. The van der Waals surface area contributed by atoms with Gasteiger partial charge in [-0.2, -0.15) is 5.10 Å². The average molecular weight is 370 g/mol. The minimum atomic E-state index is -0.726. The van der Waals surface area contributed by atoms with Gasteiger partial charge in [0.1, 0.15) is 5.69 Å². The molecule has 1 N–H and O–H groups in total. The van der Waals surface area contributed by atoms with Crippen molar-refractivity contribution < 1.29 is 9.85 Å². The van der Waals surface area contributed by atoms with E-state index in [4.69, 9.17) is 0 Å². The number of anilines is 1. The maximum Gasteiger partial charge on any atom is 0.328 e. The summed E-state index contributed by atoms with van der Waals surface area (Å²) in [5.41, 5.74) is 3.70. The van der Waals surface area contributed by atoms with Crippen LogP contribution >= 0.6 is 0 Å². The highest BCUT2D eigenvalue weighted by molar-refractivity contribution is 5.88. The third-order valence-electron chi connectivity index (χ3n) is 4.08. The van der Waals surface area contributed by atoms with E-state index in [0.29, 0.717) is 11.1 Å². The van der Waals surface area contributed by atoms with Crippen molar-refractivity contribution in [3.63, 3.8) is 0 Å². The predicted molar refractivity (Wildman–Crippen MR) is 99.1 cm³/mol. The van der Waals surface area contributed by atoms with Gasteiger partial charge in [0.05, 0.1) is 33.2 Å². The molecule has 0 saturated heterocycles. The number of rotatable bonds is 5. The molecule has 0 bridgehead atoms. The summed E-state index contributed by atoms with van der Waals surface area (Å²) in [4.78, 5) is 32.4. The lowest BCUT2D eigenvalue weighted by Crippen LogP contribution is -2.19. The lowest BCUT2D eigenvalue weighted by molar-refractivity contribution is -0.393. The summed E-state index contributed by atoms with van der Waals surface area (Å²) < 4.78 is 3.02. The molecule has 1 heterocycles. The number of hydrogen-bond acceptors (Lipinski definition) is 7. The molecular formula is C16H14N6O5. The highest BCUT2D eigenvalue weighted by atomic mass is 16.6. The van der Waals surface area contributed by atoms with Crippen molar-refractivity contribution >= 4 is 34.3 Å². The molecule has 0 aliphatic heterocycles. The number of hydrazone groups is 1. The molecule has 27 heavy (non-hydrogen) atoms. The number of nitrogens with one attached hydrogen (secondary N) is 1. The fourth-order valence-electron chi connectivity index (χ4n) is 2.66. The van der Waals surface area contributed by atoms with E-state index in [-0.39, 0.29) is 17.1 Å². The van der Waals surface area contributed by atoms with Crippen LogP contribution in [0.4, 0.5) is 17.1 Å². The molecule has 0 spiro atoms. The summed E-state index contributed by atoms with van der Waals surface area (Å²) in [5.74, 6) is 0. The molecule has 0 unspecified atom stereocenters. The molecule has 0 aliphatic rings. The topological polar surface area (TPSA) is 138 Å². The number of hydrogen-bond donors (Lipinski definition) is 1. The van der Waals surface area contributed by atoms with Gasteiger partial charge in [0, 0.05) is 20.2 Å². The van der Waals surface area contributed by atoms with Gasteiger partial charge in [-0.05, 0) is 23.8 Å². The number of imidazole rings is 1. The Kier molecular flexibility index (Phi) is 4.42. The fraction of sp³-hybridized carbons (Fsp3) is 0.125. The van der Waals surface area contributed by atoms with Crippen LogP contribution < -0.4 is 11.1 Å². The smallest absolute Gasteiger partial charge is 0.295 e. The Hall–Kier alpha value is -4.02. The molecule has 0 aliphatic carbocycles. The van der Waals surface area contributed by atoms with E-state index >= 15 is 0 Å². The minimum Gasteiger partial charge on any atom is -0.295 e. The Morgan fingerprint density at radius 2 is 1.70 bits per heavy atom. The molecule has 1 aromatic heterocycles. The zero-order chi connectivity index (χ0) is 19.7. The van der Waals surface area contributed by atoms with Gasteiger partial charge in [-0.1, -0.05) is 6.07 Å². The highest BCUT2D eigenvalue weighted by Crippen LogP contribution is 2.28. The Morgan fingerprint density at radius 3 is 2.37 bits per heavy atom. The summed E-state index contributed by atoms with van der Waals surface area (Å²) in [6.45, 7) is 0. The average Bonchev–Trinajstić information content (AvgIpc) is 2.85. The standard InChI is InChI=1S/C16H14N6O5/c1-19-13-6-3-10(7-15(13)20(2)16(19)23)9-17-18-12-5-4-11(21(24)25)8-14(12)22(26)27/h3-9,18H,1-2H3/b17-9-. The Labute approximate surface area is 151 Å². The minimum absolute atomic E-state index is 0.0232. The molecule has 11 heteroatoms. The fourth-order valence-corrected chi connectivity index (χ4v) is 2.66. The summed E-state index contributed by atoms with van der Waals surface area (Å²) in [5, 5.41) is 25.8. The largest absolute Gasteiger partial charge is 0.328 e. The number of nitro groups is 2. The molecule has 0 atom stereocenters. The summed E-state index contributed by atoms with van der Waals surface area (Å²) in [6, 6.07) is 8.51. The van der Waals surface area contributed by atoms with Crippen LogP contribution in [0.2, 0.25) is 0 Å². The summed E-state index contributed by atoms with van der Waals surface area (Å²) in [6.07, 6.45) is 1.43. The third-order valence-corrected chi connectivity index (χ3v) is 4.08. The number of fused-ring (bicyclic) bond motifs is 1. The molecule has 3 rings (SSSR count). The van der Waals surface area contributed by atoms with Crippen LogP contribution in [0, 0.1) is 20.2 Å². The number of nitrogens with zero attached hydrogens (tertiary/aromatic N) is 5. The lowest BCUT2D eigenvalue weighted by Gasteiger charge is -2.02. The lowest BCUT2D eigenvalue weighted by atomic mass is 10.2. The van der Waals surface area contributed by atoms with Crippen LogP contribution in [0.15, 0.2) is 46.3 Å².